The molecule has 0 aromatic heterocycles. The maximum Gasteiger partial charge on any atom is 0.267 e. The van der Waals surface area contributed by atoms with Crippen molar-refractivity contribution in [1.82, 2.24) is 5.32 Å². The first-order chi connectivity index (χ1) is 12.1. The van der Waals surface area contributed by atoms with Crippen LogP contribution in [0.2, 0.25) is 0 Å². The number of hydrogen-bond acceptors (Lipinski definition) is 3. The summed E-state index contributed by atoms with van der Waals surface area (Å²) in [4.78, 5) is 17.9. The lowest BCUT2D eigenvalue weighted by Crippen LogP contribution is -2.45. The zero-order chi connectivity index (χ0) is 17.7. The van der Waals surface area contributed by atoms with E-state index < -0.39 is 5.60 Å². The normalized spacial score (nSPS) is 19.2. The van der Waals surface area contributed by atoms with E-state index in [-0.39, 0.29) is 11.7 Å². The van der Waals surface area contributed by atoms with E-state index in [0.29, 0.717) is 19.4 Å². The van der Waals surface area contributed by atoms with E-state index in [1.807, 2.05) is 36.4 Å². The molecule has 130 valence electrons. The highest BCUT2D eigenvalue weighted by molar-refractivity contribution is 6.05. The predicted molar refractivity (Wildman–Crippen MR) is 94.8 cm³/mol. The molecule has 1 aliphatic rings. The smallest absolute Gasteiger partial charge is 0.267 e. The highest BCUT2D eigenvalue weighted by Crippen LogP contribution is 2.26. The maximum absolute atomic E-state index is 13.1. The molecule has 1 aliphatic heterocycles. The molecule has 0 saturated heterocycles. The lowest BCUT2D eigenvalue weighted by Gasteiger charge is -2.20. The second kappa shape index (κ2) is 7.47. The van der Waals surface area contributed by atoms with Gasteiger partial charge in [-0.2, -0.15) is 0 Å². The van der Waals surface area contributed by atoms with Crippen molar-refractivity contribution in [3.8, 4) is 0 Å². The Balaban J connectivity index is 1.47. The average Bonchev–Trinajstić information content (AvgIpc) is 3.03. The average molecular weight is 340 g/mol. The minimum Gasteiger partial charge on any atom is -0.379 e. The number of rotatable bonds is 6. The van der Waals surface area contributed by atoms with Crippen molar-refractivity contribution in [2.24, 2.45) is 5.16 Å². The molecule has 1 N–H and O–H groups in total. The summed E-state index contributed by atoms with van der Waals surface area (Å²) in [5.74, 6) is -0.416. The predicted octanol–water partition coefficient (Wildman–Crippen LogP) is 3.46. The fraction of sp³-hybridized carbons (Fsp3) is 0.300. The van der Waals surface area contributed by atoms with Crippen LogP contribution in [0.15, 0.2) is 59.8 Å². The van der Waals surface area contributed by atoms with Crippen LogP contribution in [0.1, 0.15) is 30.9 Å². The first kappa shape index (κ1) is 17.1. The molecule has 0 bridgehead atoms. The van der Waals surface area contributed by atoms with Crippen molar-refractivity contribution < 1.29 is 14.0 Å². The molecule has 1 heterocycles. The molecule has 25 heavy (non-hydrogen) atoms. The van der Waals surface area contributed by atoms with Crippen molar-refractivity contribution in [2.75, 3.05) is 6.54 Å². The molecule has 1 atom stereocenters. The van der Waals surface area contributed by atoms with Gasteiger partial charge in [0.15, 0.2) is 0 Å². The van der Waals surface area contributed by atoms with Crippen LogP contribution >= 0.6 is 0 Å². The molecule has 2 aromatic carbocycles. The van der Waals surface area contributed by atoms with Gasteiger partial charge in [-0.05, 0) is 43.0 Å². The molecule has 0 unspecified atom stereocenters. The van der Waals surface area contributed by atoms with Crippen molar-refractivity contribution >= 4 is 11.6 Å². The van der Waals surface area contributed by atoms with Gasteiger partial charge in [0.2, 0.25) is 5.60 Å². The van der Waals surface area contributed by atoms with Crippen LogP contribution in [-0.2, 0) is 16.1 Å². The summed E-state index contributed by atoms with van der Waals surface area (Å²) >= 11 is 0. The fourth-order valence-corrected chi connectivity index (χ4v) is 2.82. The molecule has 5 heteroatoms. The van der Waals surface area contributed by atoms with Gasteiger partial charge in [0, 0.05) is 13.0 Å². The van der Waals surface area contributed by atoms with E-state index in [1.165, 1.54) is 12.1 Å². The zero-order valence-corrected chi connectivity index (χ0v) is 14.2. The first-order valence-electron chi connectivity index (χ1n) is 8.40. The van der Waals surface area contributed by atoms with Crippen LogP contribution in [0.25, 0.3) is 0 Å². The van der Waals surface area contributed by atoms with Crippen LogP contribution in [0.4, 0.5) is 4.39 Å². The lowest BCUT2D eigenvalue weighted by molar-refractivity contribution is -0.141. The Morgan fingerprint density at radius 2 is 2.04 bits per heavy atom. The Kier molecular flexibility index (Phi) is 5.12. The first-order valence-corrected chi connectivity index (χ1v) is 8.40. The third-order valence-corrected chi connectivity index (χ3v) is 4.27. The third-order valence-electron chi connectivity index (χ3n) is 4.27. The Labute approximate surface area is 146 Å². The number of nitrogens with one attached hydrogen (secondary N) is 1. The molecule has 0 aliphatic carbocycles. The minimum absolute atomic E-state index is 0.179. The van der Waals surface area contributed by atoms with Crippen LogP contribution in [0, 0.1) is 5.82 Å². The second-order valence-electron chi connectivity index (χ2n) is 6.39. The summed E-state index contributed by atoms with van der Waals surface area (Å²) in [5.41, 5.74) is 1.68. The minimum atomic E-state index is -0.982. The number of benzene rings is 2. The Morgan fingerprint density at radius 1 is 1.24 bits per heavy atom. The Bertz CT molecular complexity index is 776. The Hall–Kier alpha value is -2.69. The SMILES string of the molecule is C[C@@]1(C(=O)NCCCc2cccc(F)c2)CC(c2ccccc2)=NO1. The highest BCUT2D eigenvalue weighted by Gasteiger charge is 2.41. The van der Waals surface area contributed by atoms with E-state index in [0.717, 1.165) is 23.3 Å². The monoisotopic (exact) mass is 340 g/mol. The number of amides is 1. The maximum atomic E-state index is 13.1. The summed E-state index contributed by atoms with van der Waals surface area (Å²) in [5, 5.41) is 6.97. The van der Waals surface area contributed by atoms with E-state index in [1.54, 1.807) is 13.0 Å². The van der Waals surface area contributed by atoms with Crippen molar-refractivity contribution in [3.63, 3.8) is 0 Å². The Morgan fingerprint density at radius 3 is 2.80 bits per heavy atom. The van der Waals surface area contributed by atoms with Gasteiger partial charge < -0.3 is 10.2 Å². The summed E-state index contributed by atoms with van der Waals surface area (Å²) in [7, 11) is 0. The van der Waals surface area contributed by atoms with Crippen LogP contribution in [0.5, 0.6) is 0 Å². The largest absolute Gasteiger partial charge is 0.379 e. The molecule has 4 nitrogen and oxygen atoms in total. The van der Waals surface area contributed by atoms with Crippen LogP contribution in [0.3, 0.4) is 0 Å². The van der Waals surface area contributed by atoms with Crippen molar-refractivity contribution in [3.05, 3.63) is 71.5 Å². The number of aryl methyl sites for hydroxylation is 1. The van der Waals surface area contributed by atoms with Gasteiger partial charge in [-0.1, -0.05) is 47.6 Å². The highest BCUT2D eigenvalue weighted by atomic mass is 19.1. The molecule has 1 amide bonds. The van der Waals surface area contributed by atoms with Crippen LogP contribution < -0.4 is 5.32 Å². The summed E-state index contributed by atoms with van der Waals surface area (Å²) in [6, 6.07) is 16.2. The van der Waals surface area contributed by atoms with Gasteiger partial charge >= 0.3 is 0 Å². The summed E-state index contributed by atoms with van der Waals surface area (Å²) in [6.45, 7) is 2.25. The van der Waals surface area contributed by atoms with Crippen molar-refractivity contribution in [1.29, 1.82) is 0 Å². The number of hydrogen-bond donors (Lipinski definition) is 1. The fourth-order valence-electron chi connectivity index (χ4n) is 2.82. The van der Waals surface area contributed by atoms with Gasteiger partial charge in [-0.3, -0.25) is 4.79 Å². The zero-order valence-electron chi connectivity index (χ0n) is 14.2. The van der Waals surface area contributed by atoms with E-state index in [2.05, 4.69) is 10.5 Å². The number of nitrogens with zero attached hydrogens (tertiary/aromatic N) is 1. The number of carbonyl (C=O) groups excluding carboxylic acids is 1. The van der Waals surface area contributed by atoms with Crippen molar-refractivity contribution in [2.45, 2.75) is 31.8 Å². The van der Waals surface area contributed by atoms with Crippen LogP contribution in [-0.4, -0.2) is 23.8 Å². The molecule has 2 aromatic rings. The van der Waals surface area contributed by atoms with E-state index >= 15 is 0 Å². The molecule has 0 spiro atoms. The molecular formula is C20H21FN2O2. The molecule has 0 radical (unpaired) electrons. The van der Waals surface area contributed by atoms with Gasteiger partial charge in [-0.25, -0.2) is 4.39 Å². The topological polar surface area (TPSA) is 50.7 Å². The van der Waals surface area contributed by atoms with E-state index in [4.69, 9.17) is 4.84 Å². The standard InChI is InChI=1S/C20H21FN2O2/c1-20(14-18(23-25-20)16-9-3-2-4-10-16)19(24)22-12-6-8-15-7-5-11-17(21)13-15/h2-5,7,9-11,13H,6,8,12,14H2,1H3,(H,22,24)/t20-/m0/s1. The van der Waals surface area contributed by atoms with E-state index in [9.17, 15) is 9.18 Å². The molecule has 0 saturated carbocycles. The number of halogens is 1. The number of carbonyl (C=O) groups is 1. The summed E-state index contributed by atoms with van der Waals surface area (Å²) in [6.07, 6.45) is 1.88. The third kappa shape index (κ3) is 4.24. The number of oxime groups is 1. The van der Waals surface area contributed by atoms with Gasteiger partial charge in [0.05, 0.1) is 5.71 Å². The van der Waals surface area contributed by atoms with Gasteiger partial charge in [-0.15, -0.1) is 0 Å². The molecule has 0 fully saturated rings. The van der Waals surface area contributed by atoms with Gasteiger partial charge in [0.25, 0.3) is 5.91 Å². The molecule has 3 rings (SSSR count). The summed E-state index contributed by atoms with van der Waals surface area (Å²) < 4.78 is 13.1. The molecular weight excluding hydrogens is 319 g/mol. The second-order valence-corrected chi connectivity index (χ2v) is 6.39. The van der Waals surface area contributed by atoms with Gasteiger partial charge in [0.1, 0.15) is 5.82 Å². The quantitative estimate of drug-likeness (QED) is 0.819. The lowest BCUT2D eigenvalue weighted by atomic mass is 9.95.